The molecule has 1 atom stereocenters. The second-order valence-corrected chi connectivity index (χ2v) is 6.09. The molecule has 20 heavy (non-hydrogen) atoms. The zero-order valence-corrected chi connectivity index (χ0v) is 11.5. The topological polar surface area (TPSA) is 159 Å². The molecule has 2 heterocycles. The van der Waals surface area contributed by atoms with Gasteiger partial charge in [0, 0.05) is 12.6 Å². The van der Waals surface area contributed by atoms with Crippen LogP contribution in [0.15, 0.2) is 11.1 Å². The minimum absolute atomic E-state index is 0.0138. The van der Waals surface area contributed by atoms with E-state index in [1.807, 2.05) is 0 Å². The van der Waals surface area contributed by atoms with Crippen LogP contribution in [0.5, 0.6) is 0 Å². The lowest BCUT2D eigenvalue weighted by molar-refractivity contribution is 0.361. The molecule has 6 N–H and O–H groups in total. The van der Waals surface area contributed by atoms with Gasteiger partial charge in [0.05, 0.1) is 12.6 Å². The quantitative estimate of drug-likeness (QED) is 0.431. The summed E-state index contributed by atoms with van der Waals surface area (Å²) in [6, 6.07) is -0.248. The van der Waals surface area contributed by atoms with Crippen LogP contribution in [0.2, 0.25) is 0 Å². The number of imidazole rings is 1. The first-order valence-electron chi connectivity index (χ1n) is 5.75. The van der Waals surface area contributed by atoms with Crippen LogP contribution in [-0.4, -0.2) is 41.6 Å². The highest BCUT2D eigenvalue weighted by Crippen LogP contribution is 2.32. The molecule has 0 aliphatic carbocycles. The molecule has 0 aromatic carbocycles. The van der Waals surface area contributed by atoms with Gasteiger partial charge in [-0.25, -0.2) is 4.98 Å². The Morgan fingerprint density at radius 1 is 1.60 bits per heavy atom. The third kappa shape index (κ3) is 3.42. The molecular formula is C9H15N6O4P. The Morgan fingerprint density at radius 3 is 2.95 bits per heavy atom. The molecule has 0 fully saturated rings. The van der Waals surface area contributed by atoms with E-state index in [0.29, 0.717) is 12.2 Å². The normalized spacial score (nSPS) is 13.8. The van der Waals surface area contributed by atoms with Gasteiger partial charge in [-0.2, -0.15) is 4.98 Å². The summed E-state index contributed by atoms with van der Waals surface area (Å²) in [5, 5.41) is 2.70. The van der Waals surface area contributed by atoms with Crippen molar-refractivity contribution < 1.29 is 14.4 Å². The van der Waals surface area contributed by atoms with Crippen molar-refractivity contribution >= 4 is 24.7 Å². The lowest BCUT2D eigenvalue weighted by Gasteiger charge is -2.15. The lowest BCUT2D eigenvalue weighted by atomic mass is 10.3. The Morgan fingerprint density at radius 2 is 2.30 bits per heavy atom. The maximum Gasteiger partial charge on any atom is 0.339 e. The summed E-state index contributed by atoms with van der Waals surface area (Å²) < 4.78 is 12.4. The van der Waals surface area contributed by atoms with Crippen LogP contribution in [0.25, 0.3) is 11.2 Å². The predicted octanol–water partition coefficient (Wildman–Crippen LogP) is -1.18. The summed E-state index contributed by atoms with van der Waals surface area (Å²) in [5.41, 5.74) is 5.54. The number of nitrogens with zero attached hydrogens (tertiary/aromatic N) is 3. The molecule has 0 aliphatic heterocycles. The van der Waals surface area contributed by atoms with E-state index in [4.69, 9.17) is 15.5 Å². The summed E-state index contributed by atoms with van der Waals surface area (Å²) in [6.45, 7) is 2.09. The van der Waals surface area contributed by atoms with Gasteiger partial charge >= 0.3 is 7.60 Å². The minimum atomic E-state index is -4.10. The van der Waals surface area contributed by atoms with Crippen molar-refractivity contribution in [1.29, 1.82) is 0 Å². The molecule has 0 radical (unpaired) electrons. The highest BCUT2D eigenvalue weighted by atomic mass is 31.2. The molecule has 0 bridgehead atoms. The molecule has 0 aliphatic rings. The summed E-state index contributed by atoms with van der Waals surface area (Å²) in [7, 11) is -4.10. The van der Waals surface area contributed by atoms with Crippen molar-refractivity contribution in [3.63, 3.8) is 0 Å². The molecule has 0 saturated carbocycles. The van der Waals surface area contributed by atoms with Crippen LogP contribution in [0, 0.1) is 0 Å². The Balaban J connectivity index is 2.18. The number of fused-ring (bicyclic) bond motifs is 1. The summed E-state index contributed by atoms with van der Waals surface area (Å²) in [6.07, 6.45) is 1.01. The molecule has 2 aromatic rings. The van der Waals surface area contributed by atoms with E-state index in [1.54, 1.807) is 11.5 Å². The Labute approximate surface area is 113 Å². The van der Waals surface area contributed by atoms with E-state index in [1.165, 1.54) is 6.33 Å². The first kappa shape index (κ1) is 14.7. The number of hydrogen-bond acceptors (Lipinski definition) is 6. The number of nitrogens with one attached hydrogen (secondary N) is 2. The number of anilines is 1. The molecule has 10 nitrogen and oxygen atoms in total. The molecule has 0 spiro atoms. The van der Waals surface area contributed by atoms with E-state index < -0.39 is 19.4 Å². The van der Waals surface area contributed by atoms with Crippen LogP contribution in [0.1, 0.15) is 6.92 Å². The average Bonchev–Trinajstić information content (AvgIpc) is 2.69. The standard InChI is InChI=1S/C9H15N6O4P/c1-5(12-4-20(17,18)19)2-15-3-11-6-7(15)13-9(10)14-8(6)16/h3,5,12H,2,4H2,1H3,(H2,17,18,19)(H3,10,13,14,16)/t5-/m1/s1. The third-order valence-corrected chi connectivity index (χ3v) is 3.20. The monoisotopic (exact) mass is 302 g/mol. The fraction of sp³-hybridized carbons (Fsp3) is 0.444. The van der Waals surface area contributed by atoms with Gasteiger partial charge in [0.15, 0.2) is 11.2 Å². The van der Waals surface area contributed by atoms with E-state index in [9.17, 15) is 9.36 Å². The number of aromatic nitrogens is 4. The van der Waals surface area contributed by atoms with E-state index >= 15 is 0 Å². The predicted molar refractivity (Wildman–Crippen MR) is 72.1 cm³/mol. The fourth-order valence-corrected chi connectivity index (χ4v) is 2.29. The average molecular weight is 302 g/mol. The Bertz CT molecular complexity index is 719. The maximum absolute atomic E-state index is 11.6. The van der Waals surface area contributed by atoms with E-state index in [-0.39, 0.29) is 17.5 Å². The highest BCUT2D eigenvalue weighted by molar-refractivity contribution is 7.51. The van der Waals surface area contributed by atoms with Crippen molar-refractivity contribution in [3.8, 4) is 0 Å². The van der Waals surface area contributed by atoms with Gasteiger partial charge in [-0.1, -0.05) is 0 Å². The number of H-pyrrole nitrogens is 1. The van der Waals surface area contributed by atoms with Gasteiger partial charge < -0.3 is 25.4 Å². The molecule has 11 heteroatoms. The fourth-order valence-electron chi connectivity index (χ4n) is 1.74. The van der Waals surface area contributed by atoms with E-state index in [2.05, 4.69) is 20.3 Å². The van der Waals surface area contributed by atoms with Gasteiger partial charge in [0.25, 0.3) is 5.56 Å². The molecule has 0 amide bonds. The molecule has 110 valence electrons. The second-order valence-electron chi connectivity index (χ2n) is 4.45. The van der Waals surface area contributed by atoms with Crippen LogP contribution < -0.4 is 16.6 Å². The van der Waals surface area contributed by atoms with Gasteiger partial charge in [-0.3, -0.25) is 14.3 Å². The largest absolute Gasteiger partial charge is 0.369 e. The highest BCUT2D eigenvalue weighted by Gasteiger charge is 2.16. The molecule has 0 saturated heterocycles. The number of hydrogen-bond donors (Lipinski definition) is 5. The van der Waals surface area contributed by atoms with Crippen LogP contribution in [-0.2, 0) is 11.1 Å². The molecule has 2 aromatic heterocycles. The van der Waals surface area contributed by atoms with Gasteiger partial charge in [-0.05, 0) is 6.92 Å². The van der Waals surface area contributed by atoms with Crippen LogP contribution >= 0.6 is 7.60 Å². The van der Waals surface area contributed by atoms with Crippen LogP contribution in [0.3, 0.4) is 0 Å². The SMILES string of the molecule is C[C@H](Cn1cnc2c(=O)[nH]c(N)nc21)NCP(=O)(O)O. The minimum Gasteiger partial charge on any atom is -0.369 e. The van der Waals surface area contributed by atoms with Gasteiger partial charge in [-0.15, -0.1) is 0 Å². The first-order chi connectivity index (χ1) is 9.26. The maximum atomic E-state index is 11.6. The molecular weight excluding hydrogens is 287 g/mol. The van der Waals surface area contributed by atoms with Gasteiger partial charge in [0.1, 0.15) is 0 Å². The number of rotatable bonds is 5. The zero-order chi connectivity index (χ0) is 14.9. The first-order valence-corrected chi connectivity index (χ1v) is 7.54. The zero-order valence-electron chi connectivity index (χ0n) is 10.6. The van der Waals surface area contributed by atoms with Gasteiger partial charge in [0.2, 0.25) is 5.95 Å². The summed E-state index contributed by atoms with van der Waals surface area (Å²) in [5.74, 6) is -0.0138. The molecule has 2 rings (SSSR count). The number of aromatic amines is 1. The lowest BCUT2D eigenvalue weighted by Crippen LogP contribution is -2.31. The third-order valence-electron chi connectivity index (χ3n) is 2.61. The number of nitrogens with two attached hydrogens (primary N) is 1. The smallest absolute Gasteiger partial charge is 0.339 e. The Hall–Kier alpha value is -1.74. The van der Waals surface area contributed by atoms with E-state index in [0.717, 1.165) is 0 Å². The van der Waals surface area contributed by atoms with Crippen molar-refractivity contribution in [2.24, 2.45) is 0 Å². The van der Waals surface area contributed by atoms with Crippen molar-refractivity contribution in [3.05, 3.63) is 16.7 Å². The second kappa shape index (κ2) is 5.33. The van der Waals surface area contributed by atoms with Crippen molar-refractivity contribution in [1.82, 2.24) is 24.8 Å². The molecule has 0 unspecified atom stereocenters. The summed E-state index contributed by atoms with van der Waals surface area (Å²) in [4.78, 5) is 39.5. The Kier molecular flexibility index (Phi) is 3.91. The van der Waals surface area contributed by atoms with Crippen molar-refractivity contribution in [2.75, 3.05) is 12.0 Å². The number of nitrogen functional groups attached to an aromatic ring is 1. The van der Waals surface area contributed by atoms with Crippen LogP contribution in [0.4, 0.5) is 5.95 Å². The van der Waals surface area contributed by atoms with Crippen molar-refractivity contribution in [2.45, 2.75) is 19.5 Å². The summed E-state index contributed by atoms with van der Waals surface area (Å²) >= 11 is 0.